The van der Waals surface area contributed by atoms with Crippen LogP contribution in [0.5, 0.6) is 0 Å². The fraction of sp³-hybridized carbons (Fsp3) is 0.833. The van der Waals surface area contributed by atoms with Gasteiger partial charge in [-0.25, -0.2) is 5.06 Å². The highest BCUT2D eigenvalue weighted by Crippen LogP contribution is 2.28. The van der Waals surface area contributed by atoms with Crippen LogP contribution >= 0.6 is 12.6 Å². The number of thiol groups is 1. The fourth-order valence-electron chi connectivity index (χ4n) is 0.971. The highest BCUT2D eigenvalue weighted by atomic mass is 32.1. The van der Waals surface area contributed by atoms with Gasteiger partial charge in [-0.3, -0.25) is 9.63 Å². The first-order chi connectivity index (χ1) is 4.58. The molecule has 1 aliphatic heterocycles. The van der Waals surface area contributed by atoms with Crippen LogP contribution in [0, 0.1) is 0 Å². The minimum Gasteiger partial charge on any atom is -0.274 e. The second-order valence-corrected chi connectivity index (χ2v) is 3.60. The Morgan fingerprint density at radius 3 is 2.60 bits per heavy atom. The van der Waals surface area contributed by atoms with E-state index in [9.17, 15) is 4.79 Å². The van der Waals surface area contributed by atoms with Crippen LogP contribution in [0.3, 0.4) is 0 Å². The fourth-order valence-corrected chi connectivity index (χ4v) is 1.18. The summed E-state index contributed by atoms with van der Waals surface area (Å²) >= 11 is 4.19. The van der Waals surface area contributed by atoms with Crippen LogP contribution in [-0.4, -0.2) is 29.4 Å². The zero-order valence-electron chi connectivity index (χ0n) is 6.13. The van der Waals surface area contributed by atoms with Crippen molar-refractivity contribution >= 4 is 18.5 Å². The molecule has 0 radical (unpaired) electrons. The zero-order valence-corrected chi connectivity index (χ0v) is 7.02. The first-order valence-electron chi connectivity index (χ1n) is 3.16. The molecular weight excluding hydrogens is 150 g/mol. The summed E-state index contributed by atoms with van der Waals surface area (Å²) in [5.41, 5.74) is 0. The van der Waals surface area contributed by atoms with Crippen molar-refractivity contribution in [2.24, 2.45) is 0 Å². The molecule has 0 saturated carbocycles. The predicted octanol–water partition coefficient (Wildman–Crippen LogP) is 0.469. The van der Waals surface area contributed by atoms with Crippen LogP contribution < -0.4 is 0 Å². The molecule has 58 valence electrons. The quantitative estimate of drug-likeness (QED) is 0.566. The Morgan fingerprint density at radius 2 is 2.40 bits per heavy atom. The van der Waals surface area contributed by atoms with Gasteiger partial charge in [-0.1, -0.05) is 0 Å². The van der Waals surface area contributed by atoms with Gasteiger partial charge in [0.15, 0.2) is 0 Å². The molecule has 0 N–H and O–H groups in total. The number of hydrogen-bond donors (Lipinski definition) is 1. The number of hydrogen-bond acceptors (Lipinski definition) is 3. The molecule has 0 aromatic rings. The molecule has 1 atom stereocenters. The van der Waals surface area contributed by atoms with Crippen molar-refractivity contribution in [3.8, 4) is 0 Å². The largest absolute Gasteiger partial charge is 0.274 e. The van der Waals surface area contributed by atoms with Crippen LogP contribution in [0.2, 0.25) is 0 Å². The number of carbonyl (C=O) groups is 1. The molecular formula is C6H11NO2S. The molecule has 3 nitrogen and oxygen atoms in total. The van der Waals surface area contributed by atoms with Gasteiger partial charge >= 0.3 is 0 Å². The topological polar surface area (TPSA) is 29.5 Å². The van der Waals surface area contributed by atoms with Gasteiger partial charge in [-0.2, -0.15) is 12.6 Å². The van der Waals surface area contributed by atoms with E-state index in [0.717, 1.165) is 6.42 Å². The SMILES string of the molecule is CON1CCC(C)(S)C1=O. The number of hydroxylamine groups is 2. The maximum Gasteiger partial charge on any atom is 0.261 e. The van der Waals surface area contributed by atoms with Crippen molar-refractivity contribution in [2.45, 2.75) is 18.1 Å². The lowest BCUT2D eigenvalue weighted by Gasteiger charge is -2.15. The van der Waals surface area contributed by atoms with Crippen LogP contribution in [0.15, 0.2) is 0 Å². The van der Waals surface area contributed by atoms with Crippen molar-refractivity contribution in [3.63, 3.8) is 0 Å². The molecule has 10 heavy (non-hydrogen) atoms. The molecule has 0 aliphatic carbocycles. The normalized spacial score (nSPS) is 33.5. The summed E-state index contributed by atoms with van der Waals surface area (Å²) in [4.78, 5) is 16.0. The third-order valence-electron chi connectivity index (χ3n) is 1.71. The monoisotopic (exact) mass is 161 g/mol. The van der Waals surface area contributed by atoms with Gasteiger partial charge in [-0.05, 0) is 13.3 Å². The Labute approximate surface area is 65.7 Å². The molecule has 0 aromatic heterocycles. The predicted molar refractivity (Wildman–Crippen MR) is 40.7 cm³/mol. The average molecular weight is 161 g/mol. The standard InChI is InChI=1S/C6H11NO2S/c1-6(10)3-4-7(9-2)5(6)8/h10H,3-4H2,1-2H3. The van der Waals surface area contributed by atoms with Crippen molar-refractivity contribution in [2.75, 3.05) is 13.7 Å². The van der Waals surface area contributed by atoms with Gasteiger partial charge in [0.1, 0.15) is 0 Å². The summed E-state index contributed by atoms with van der Waals surface area (Å²) in [7, 11) is 1.49. The zero-order chi connectivity index (χ0) is 7.78. The lowest BCUT2D eigenvalue weighted by atomic mass is 10.1. The number of nitrogens with zero attached hydrogens (tertiary/aromatic N) is 1. The Balaban J connectivity index is 2.67. The van der Waals surface area contributed by atoms with Gasteiger partial charge in [0.25, 0.3) is 5.91 Å². The lowest BCUT2D eigenvalue weighted by Crippen LogP contribution is -2.32. The summed E-state index contributed by atoms with van der Waals surface area (Å²) < 4.78 is -0.518. The second-order valence-electron chi connectivity index (χ2n) is 2.61. The molecule has 1 unspecified atom stereocenters. The van der Waals surface area contributed by atoms with E-state index in [2.05, 4.69) is 12.6 Å². The van der Waals surface area contributed by atoms with Gasteiger partial charge in [0.2, 0.25) is 0 Å². The third-order valence-corrected chi connectivity index (χ3v) is 2.12. The van der Waals surface area contributed by atoms with Gasteiger partial charge in [0.05, 0.1) is 18.4 Å². The smallest absolute Gasteiger partial charge is 0.261 e. The van der Waals surface area contributed by atoms with Crippen molar-refractivity contribution < 1.29 is 9.63 Å². The maximum atomic E-state index is 11.2. The van der Waals surface area contributed by atoms with E-state index in [4.69, 9.17) is 4.84 Å². The van der Waals surface area contributed by atoms with E-state index in [1.54, 1.807) is 6.92 Å². The minimum atomic E-state index is -0.518. The van der Waals surface area contributed by atoms with E-state index in [1.807, 2.05) is 0 Å². The van der Waals surface area contributed by atoms with Crippen molar-refractivity contribution in [1.82, 2.24) is 5.06 Å². The second kappa shape index (κ2) is 2.43. The third kappa shape index (κ3) is 1.13. The summed E-state index contributed by atoms with van der Waals surface area (Å²) in [6.45, 7) is 2.45. The molecule has 4 heteroatoms. The van der Waals surface area contributed by atoms with E-state index < -0.39 is 4.75 Å². The van der Waals surface area contributed by atoms with E-state index >= 15 is 0 Å². The maximum absolute atomic E-state index is 11.2. The highest BCUT2D eigenvalue weighted by Gasteiger charge is 2.40. The molecule has 0 aromatic carbocycles. The summed E-state index contributed by atoms with van der Waals surface area (Å²) in [6.07, 6.45) is 0.753. The Kier molecular flexibility index (Phi) is 1.92. The van der Waals surface area contributed by atoms with Gasteiger partial charge in [0, 0.05) is 0 Å². The van der Waals surface area contributed by atoms with Crippen molar-refractivity contribution in [3.05, 3.63) is 0 Å². The highest BCUT2D eigenvalue weighted by molar-refractivity contribution is 7.82. The van der Waals surface area contributed by atoms with Crippen molar-refractivity contribution in [1.29, 1.82) is 0 Å². The van der Waals surface area contributed by atoms with Crippen LogP contribution in [-0.2, 0) is 9.63 Å². The molecule has 1 fully saturated rings. The summed E-state index contributed by atoms with van der Waals surface area (Å²) in [5, 5.41) is 1.34. The van der Waals surface area contributed by atoms with Crippen LogP contribution in [0.4, 0.5) is 0 Å². The molecule has 1 amide bonds. The average Bonchev–Trinajstić information content (AvgIpc) is 2.10. The van der Waals surface area contributed by atoms with E-state index in [1.165, 1.54) is 12.2 Å². The van der Waals surface area contributed by atoms with E-state index in [-0.39, 0.29) is 5.91 Å². The Hall–Kier alpha value is -0.220. The van der Waals surface area contributed by atoms with Crippen LogP contribution in [0.25, 0.3) is 0 Å². The van der Waals surface area contributed by atoms with E-state index in [0.29, 0.717) is 6.54 Å². The first kappa shape index (κ1) is 7.88. The van der Waals surface area contributed by atoms with Crippen LogP contribution in [0.1, 0.15) is 13.3 Å². The number of rotatable bonds is 1. The lowest BCUT2D eigenvalue weighted by molar-refractivity contribution is -0.168. The first-order valence-corrected chi connectivity index (χ1v) is 3.61. The molecule has 1 aliphatic rings. The molecule has 1 rings (SSSR count). The Morgan fingerprint density at radius 1 is 1.80 bits per heavy atom. The summed E-state index contributed by atoms with van der Waals surface area (Å²) in [6, 6.07) is 0. The molecule has 1 saturated heterocycles. The van der Waals surface area contributed by atoms with Gasteiger partial charge in [-0.15, -0.1) is 0 Å². The molecule has 0 spiro atoms. The minimum absolute atomic E-state index is 0.0432. The summed E-state index contributed by atoms with van der Waals surface area (Å²) in [5.74, 6) is -0.0432. The Bertz CT molecular complexity index is 158. The number of carbonyl (C=O) groups excluding carboxylic acids is 1. The van der Waals surface area contributed by atoms with Gasteiger partial charge < -0.3 is 0 Å². The molecule has 0 bridgehead atoms. The number of amides is 1. The molecule has 1 heterocycles.